The van der Waals surface area contributed by atoms with Gasteiger partial charge in [-0.3, -0.25) is 9.59 Å². The molecule has 5 aliphatic rings. The van der Waals surface area contributed by atoms with Crippen molar-refractivity contribution in [2.24, 2.45) is 39.9 Å². The molecule has 3 saturated carbocycles. The largest absolute Gasteiger partial charge is 0.444 e. The van der Waals surface area contributed by atoms with E-state index in [2.05, 4.69) is 24.5 Å². The first kappa shape index (κ1) is 50.5. The standard InChI is InChI=1S/C53H78F2N2O8/c1-48(2,3)64-46(60)56-42-32-20-15-13-17-24-52(42,11)38-28-34(30-40(54)36(38)26-32)62-44(58)50(7,8)22-19-23-51(9,10)45(59)63-35-29-39-37(41(55)31-35)27-33-21-16-14-18-25-53(39,12)43(33)57-47(61)65-49(4,5)6/h28-33,36,38,42-43H,13-27H2,1-12H3,(H,56,60)(H,57,61)/t32-,33-,36?,38?,42-,43-,52+,53+/m0/s1. The number of carbonyl (C=O) groups is 4. The molecule has 362 valence electrons. The van der Waals surface area contributed by atoms with Gasteiger partial charge in [-0.1, -0.05) is 58.8 Å². The lowest BCUT2D eigenvalue weighted by Crippen LogP contribution is -2.60. The summed E-state index contributed by atoms with van der Waals surface area (Å²) in [5.74, 6) is -1.98. The highest BCUT2D eigenvalue weighted by atomic mass is 19.1. The number of fused-ring (bicyclic) bond motifs is 8. The number of esters is 2. The van der Waals surface area contributed by atoms with Crippen molar-refractivity contribution in [2.75, 3.05) is 0 Å². The van der Waals surface area contributed by atoms with Crippen molar-refractivity contribution >= 4 is 24.1 Å². The van der Waals surface area contributed by atoms with E-state index >= 15 is 8.78 Å². The van der Waals surface area contributed by atoms with E-state index < -0.39 is 62.8 Å². The molecule has 12 heteroatoms. The molecule has 65 heavy (non-hydrogen) atoms. The Morgan fingerprint density at radius 3 is 1.86 bits per heavy atom. The number of rotatable bonds is 10. The fraction of sp³-hybridized carbons (Fsp3) is 0.736. The Morgan fingerprint density at radius 2 is 1.26 bits per heavy atom. The summed E-state index contributed by atoms with van der Waals surface area (Å²) in [5.41, 5.74) is -3.03. The van der Waals surface area contributed by atoms with E-state index in [9.17, 15) is 19.2 Å². The fourth-order valence-corrected chi connectivity index (χ4v) is 11.8. The van der Waals surface area contributed by atoms with Crippen LogP contribution in [0.1, 0.15) is 184 Å². The summed E-state index contributed by atoms with van der Waals surface area (Å²) in [5, 5.41) is 6.38. The van der Waals surface area contributed by atoms with Crippen LogP contribution >= 0.6 is 0 Å². The normalized spacial score (nSPS) is 29.4. The lowest BCUT2D eigenvalue weighted by Gasteiger charge is -2.55. The molecule has 1 aromatic carbocycles. The Labute approximate surface area is 387 Å². The number of nitrogens with one attached hydrogen (secondary N) is 2. The molecule has 0 spiro atoms. The average molecular weight is 909 g/mol. The predicted octanol–water partition coefficient (Wildman–Crippen LogP) is 12.7. The number of carbonyl (C=O) groups excluding carboxylic acids is 4. The third kappa shape index (κ3) is 11.6. The van der Waals surface area contributed by atoms with Crippen LogP contribution in [0.15, 0.2) is 35.9 Å². The zero-order valence-corrected chi connectivity index (χ0v) is 41.4. The Morgan fingerprint density at radius 1 is 0.708 bits per heavy atom. The molecule has 2 amide bonds. The maximum atomic E-state index is 16.2. The van der Waals surface area contributed by atoms with Crippen LogP contribution in [0.3, 0.4) is 0 Å². The minimum Gasteiger partial charge on any atom is -0.444 e. The summed E-state index contributed by atoms with van der Waals surface area (Å²) < 4.78 is 55.6. The molecule has 1 aromatic rings. The molecule has 0 aliphatic heterocycles. The number of hydrogen-bond acceptors (Lipinski definition) is 8. The molecular weight excluding hydrogens is 831 g/mol. The number of benzene rings is 1. The van der Waals surface area contributed by atoms with Crippen LogP contribution in [0.2, 0.25) is 0 Å². The van der Waals surface area contributed by atoms with Gasteiger partial charge >= 0.3 is 24.1 Å². The third-order valence-corrected chi connectivity index (χ3v) is 15.4. The first-order chi connectivity index (χ1) is 30.1. The molecule has 2 unspecified atom stereocenters. The van der Waals surface area contributed by atoms with Gasteiger partial charge in [-0.05, 0) is 167 Å². The first-order valence-electron chi connectivity index (χ1n) is 24.5. The van der Waals surface area contributed by atoms with Crippen molar-refractivity contribution < 1.29 is 46.9 Å². The van der Waals surface area contributed by atoms with Crippen molar-refractivity contribution in [1.82, 2.24) is 10.6 Å². The molecular formula is C53H78F2N2O8. The van der Waals surface area contributed by atoms with Crippen molar-refractivity contribution in [3.63, 3.8) is 0 Å². The number of alkyl carbamates (subject to hydrolysis) is 2. The molecule has 6 rings (SSSR count). The smallest absolute Gasteiger partial charge is 0.407 e. The molecule has 2 N–H and O–H groups in total. The first-order valence-corrected chi connectivity index (χ1v) is 24.5. The van der Waals surface area contributed by atoms with E-state index in [-0.39, 0.29) is 53.1 Å². The van der Waals surface area contributed by atoms with E-state index in [1.54, 1.807) is 33.8 Å². The number of halogens is 2. The fourth-order valence-electron chi connectivity index (χ4n) is 11.8. The lowest BCUT2D eigenvalue weighted by atomic mass is 9.52. The molecule has 10 nitrogen and oxygen atoms in total. The van der Waals surface area contributed by atoms with Crippen LogP contribution in [0.25, 0.3) is 0 Å². The van der Waals surface area contributed by atoms with Gasteiger partial charge in [0.2, 0.25) is 0 Å². The maximum absolute atomic E-state index is 16.2. The van der Waals surface area contributed by atoms with Crippen LogP contribution in [0.4, 0.5) is 18.4 Å². The second kappa shape index (κ2) is 19.0. The van der Waals surface area contributed by atoms with Crippen LogP contribution in [0.5, 0.6) is 5.75 Å². The Hall–Kier alpha value is -3.96. The van der Waals surface area contributed by atoms with Crippen LogP contribution in [-0.2, 0) is 35.6 Å². The van der Waals surface area contributed by atoms with Crippen LogP contribution in [-0.4, -0.2) is 47.4 Å². The monoisotopic (exact) mass is 909 g/mol. The van der Waals surface area contributed by atoms with E-state index in [0.29, 0.717) is 37.7 Å². The molecule has 0 aromatic heterocycles. The molecule has 3 fully saturated rings. The van der Waals surface area contributed by atoms with Crippen molar-refractivity contribution in [2.45, 2.75) is 208 Å². The van der Waals surface area contributed by atoms with Gasteiger partial charge in [0.15, 0.2) is 0 Å². The summed E-state index contributed by atoms with van der Waals surface area (Å²) in [7, 11) is 0. The third-order valence-electron chi connectivity index (χ3n) is 15.4. The van der Waals surface area contributed by atoms with E-state index in [0.717, 1.165) is 69.8 Å². The number of amides is 2. The molecule has 4 bridgehead atoms. The van der Waals surface area contributed by atoms with Crippen LogP contribution < -0.4 is 15.4 Å². The van der Waals surface area contributed by atoms with Gasteiger partial charge in [-0.2, -0.15) is 0 Å². The summed E-state index contributed by atoms with van der Waals surface area (Å²) >= 11 is 0. The Kier molecular flexibility index (Phi) is 14.7. The highest BCUT2D eigenvalue weighted by Crippen LogP contribution is 2.57. The quantitative estimate of drug-likeness (QED) is 0.135. The minimum absolute atomic E-state index is 0.0323. The van der Waals surface area contributed by atoms with E-state index in [4.69, 9.17) is 18.9 Å². The minimum atomic E-state index is -0.981. The summed E-state index contributed by atoms with van der Waals surface area (Å²) in [4.78, 5) is 54.0. The predicted molar refractivity (Wildman–Crippen MR) is 247 cm³/mol. The van der Waals surface area contributed by atoms with Gasteiger partial charge in [-0.25, -0.2) is 18.4 Å². The highest BCUT2D eigenvalue weighted by molar-refractivity contribution is 5.79. The molecule has 0 radical (unpaired) electrons. The second-order valence-corrected chi connectivity index (χ2v) is 23.9. The zero-order valence-electron chi connectivity index (χ0n) is 41.4. The van der Waals surface area contributed by atoms with Crippen LogP contribution in [0, 0.1) is 45.7 Å². The lowest BCUT2D eigenvalue weighted by molar-refractivity contribution is -0.149. The number of ether oxygens (including phenoxy) is 4. The van der Waals surface area contributed by atoms with E-state index in [1.165, 1.54) is 12.1 Å². The summed E-state index contributed by atoms with van der Waals surface area (Å²) in [6.45, 7) is 22.3. The Balaban J connectivity index is 1.11. The van der Waals surface area contributed by atoms with Gasteiger partial charge in [0, 0.05) is 35.6 Å². The summed E-state index contributed by atoms with van der Waals surface area (Å²) in [6, 6.07) is 2.58. The van der Waals surface area contributed by atoms with E-state index in [1.807, 2.05) is 47.6 Å². The average Bonchev–Trinajstić information content (AvgIpc) is 3.16. The topological polar surface area (TPSA) is 129 Å². The number of allylic oxidation sites excluding steroid dienone is 3. The van der Waals surface area contributed by atoms with Gasteiger partial charge in [0.25, 0.3) is 0 Å². The van der Waals surface area contributed by atoms with Gasteiger partial charge in [-0.15, -0.1) is 0 Å². The number of hydrogen-bond donors (Lipinski definition) is 2. The van der Waals surface area contributed by atoms with Crippen molar-refractivity contribution in [1.29, 1.82) is 0 Å². The molecule has 8 atom stereocenters. The Bertz CT molecular complexity index is 2030. The SMILES string of the molecule is CC(C)(C)OC(=O)N[C@H]1[C@H]2CCCCC[C@]1(C)c1cc(OC(=O)C(C)(C)CCCC(C)(C)C(=O)OC3=CC4C(C[C@@H]5CCCCC[C@@]4(C)[C@H]5NC(=O)OC(C)(C)C)C(F)=C3)cc(F)c1C2. The van der Waals surface area contributed by atoms with Crippen molar-refractivity contribution in [3.05, 3.63) is 52.8 Å². The maximum Gasteiger partial charge on any atom is 0.407 e. The summed E-state index contributed by atoms with van der Waals surface area (Å²) in [6.07, 6.45) is 13.9. The van der Waals surface area contributed by atoms with Gasteiger partial charge in [0.05, 0.1) is 10.8 Å². The molecule has 0 heterocycles. The molecule has 0 saturated heterocycles. The molecule has 5 aliphatic carbocycles. The van der Waals surface area contributed by atoms with Crippen molar-refractivity contribution in [3.8, 4) is 5.75 Å². The van der Waals surface area contributed by atoms with Gasteiger partial charge in [0.1, 0.15) is 34.4 Å². The zero-order chi connectivity index (χ0) is 47.9. The second-order valence-electron chi connectivity index (χ2n) is 23.9. The van der Waals surface area contributed by atoms with Gasteiger partial charge < -0.3 is 29.6 Å². The highest BCUT2D eigenvalue weighted by Gasteiger charge is 2.55.